The van der Waals surface area contributed by atoms with Crippen molar-refractivity contribution in [2.24, 2.45) is 0 Å². The molecule has 1 aliphatic rings. The van der Waals surface area contributed by atoms with E-state index in [1.807, 2.05) is 30.3 Å². The highest BCUT2D eigenvalue weighted by molar-refractivity contribution is 5.92. The topological polar surface area (TPSA) is 61.4 Å². The van der Waals surface area contributed by atoms with Gasteiger partial charge in [0.1, 0.15) is 18.2 Å². The lowest BCUT2D eigenvalue weighted by Gasteiger charge is -2.38. The van der Waals surface area contributed by atoms with Gasteiger partial charge in [-0.15, -0.1) is 0 Å². The van der Waals surface area contributed by atoms with Crippen LogP contribution in [0, 0.1) is 0 Å². The molecule has 1 aliphatic heterocycles. The van der Waals surface area contributed by atoms with Crippen molar-refractivity contribution in [3.05, 3.63) is 60.2 Å². The fourth-order valence-electron chi connectivity index (χ4n) is 2.72. The normalized spacial score (nSPS) is 17.6. The van der Waals surface area contributed by atoms with Crippen LogP contribution in [0.15, 0.2) is 48.9 Å². The van der Waals surface area contributed by atoms with Gasteiger partial charge in [0.05, 0.1) is 0 Å². The second kappa shape index (κ2) is 7.30. The molecule has 0 radical (unpaired) electrons. The Morgan fingerprint density at radius 3 is 2.52 bits per heavy atom. The van der Waals surface area contributed by atoms with Crippen LogP contribution in [-0.4, -0.2) is 58.9 Å². The lowest BCUT2D eigenvalue weighted by molar-refractivity contribution is 0.0715. The summed E-state index contributed by atoms with van der Waals surface area (Å²) in [6.45, 7) is 3.82. The first-order valence-corrected chi connectivity index (χ1v) is 7.78. The number of hydrogen-bond acceptors (Lipinski definition) is 5. The van der Waals surface area contributed by atoms with Crippen molar-refractivity contribution in [3.63, 3.8) is 0 Å². The highest BCUT2D eigenvalue weighted by atomic mass is 16.2. The van der Waals surface area contributed by atoms with E-state index in [-0.39, 0.29) is 12.1 Å². The summed E-state index contributed by atoms with van der Waals surface area (Å²) in [4.78, 5) is 25.0. The summed E-state index contributed by atoms with van der Waals surface area (Å²) in [6, 6.07) is 11.7. The number of amides is 1. The average Bonchev–Trinajstić information content (AvgIpc) is 2.62. The quantitative estimate of drug-likeness (QED) is 0.918. The van der Waals surface area contributed by atoms with Crippen LogP contribution in [0.3, 0.4) is 0 Å². The minimum absolute atomic E-state index is 0.146. The molecule has 1 N–H and O–H groups in total. The van der Waals surface area contributed by atoms with E-state index in [4.69, 9.17) is 0 Å². The summed E-state index contributed by atoms with van der Waals surface area (Å²) in [7, 11) is 2.12. The van der Waals surface area contributed by atoms with Gasteiger partial charge in [0, 0.05) is 32.4 Å². The molecular weight excluding hydrogens is 290 g/mol. The smallest absolute Gasteiger partial charge is 0.271 e. The molecule has 0 aliphatic carbocycles. The largest absolute Gasteiger partial charge is 0.331 e. The zero-order chi connectivity index (χ0) is 16.1. The molecule has 120 valence electrons. The zero-order valence-corrected chi connectivity index (χ0v) is 13.2. The van der Waals surface area contributed by atoms with E-state index in [0.29, 0.717) is 5.69 Å². The number of likely N-dealkylation sites (N-methyl/N-ethyl adjacent to an activating group) is 1. The van der Waals surface area contributed by atoms with Gasteiger partial charge in [-0.3, -0.25) is 9.69 Å². The summed E-state index contributed by atoms with van der Waals surface area (Å²) in [5.74, 6) is -0.180. The predicted molar refractivity (Wildman–Crippen MR) is 87.8 cm³/mol. The van der Waals surface area contributed by atoms with E-state index in [0.717, 1.165) is 31.7 Å². The van der Waals surface area contributed by atoms with Crippen LogP contribution in [0.2, 0.25) is 0 Å². The number of carbonyl (C=O) groups is 1. The Balaban J connectivity index is 1.79. The number of hydrogen-bond donors (Lipinski definition) is 1. The molecule has 1 amide bonds. The fourth-order valence-corrected chi connectivity index (χ4v) is 2.72. The lowest BCUT2D eigenvalue weighted by atomic mass is 10.1. The van der Waals surface area contributed by atoms with Gasteiger partial charge >= 0.3 is 0 Å². The van der Waals surface area contributed by atoms with Gasteiger partial charge in [-0.25, -0.2) is 9.97 Å². The van der Waals surface area contributed by atoms with Gasteiger partial charge in [-0.05, 0) is 18.7 Å². The summed E-state index contributed by atoms with van der Waals surface area (Å²) < 4.78 is 0. The van der Waals surface area contributed by atoms with Crippen LogP contribution >= 0.6 is 0 Å². The molecule has 1 aromatic carbocycles. The van der Waals surface area contributed by atoms with Crippen molar-refractivity contribution in [2.45, 2.75) is 6.17 Å². The Kier molecular flexibility index (Phi) is 4.95. The molecule has 0 saturated carbocycles. The van der Waals surface area contributed by atoms with E-state index in [2.05, 4.69) is 32.1 Å². The Morgan fingerprint density at radius 2 is 1.87 bits per heavy atom. The van der Waals surface area contributed by atoms with Crippen LogP contribution in [0.25, 0.3) is 0 Å². The molecule has 2 heterocycles. The maximum atomic E-state index is 12.5. The monoisotopic (exact) mass is 311 g/mol. The lowest BCUT2D eigenvalue weighted by Crippen LogP contribution is -2.50. The van der Waals surface area contributed by atoms with Crippen LogP contribution < -0.4 is 5.32 Å². The minimum atomic E-state index is -0.180. The summed E-state index contributed by atoms with van der Waals surface area (Å²) in [6.07, 6.45) is 2.82. The van der Waals surface area contributed by atoms with Crippen molar-refractivity contribution < 1.29 is 4.79 Å². The molecule has 0 bridgehead atoms. The molecule has 1 unspecified atom stereocenters. The number of nitrogens with zero attached hydrogens (tertiary/aromatic N) is 4. The van der Waals surface area contributed by atoms with Crippen LogP contribution in [-0.2, 0) is 0 Å². The van der Waals surface area contributed by atoms with E-state index >= 15 is 0 Å². The molecule has 1 aromatic heterocycles. The first-order valence-electron chi connectivity index (χ1n) is 7.78. The zero-order valence-electron chi connectivity index (χ0n) is 13.2. The summed E-state index contributed by atoms with van der Waals surface area (Å²) >= 11 is 0. The second-order valence-electron chi connectivity index (χ2n) is 5.72. The van der Waals surface area contributed by atoms with Crippen molar-refractivity contribution >= 4 is 5.91 Å². The standard InChI is InChI=1S/C17H21N5O/c1-21-9-11-22(12-10-21)16(14-5-3-2-4-6-14)20-17(23)15-7-8-18-13-19-15/h2-8,13,16H,9-12H2,1H3,(H,20,23). The molecular formula is C17H21N5O. The minimum Gasteiger partial charge on any atom is -0.331 e. The van der Waals surface area contributed by atoms with Gasteiger partial charge < -0.3 is 10.2 Å². The third-order valence-corrected chi connectivity index (χ3v) is 4.10. The van der Waals surface area contributed by atoms with Gasteiger partial charge in [0.25, 0.3) is 5.91 Å². The third-order valence-electron chi connectivity index (χ3n) is 4.10. The van der Waals surface area contributed by atoms with Gasteiger partial charge in [0.15, 0.2) is 0 Å². The van der Waals surface area contributed by atoms with E-state index in [9.17, 15) is 4.79 Å². The highest BCUT2D eigenvalue weighted by Crippen LogP contribution is 2.19. The van der Waals surface area contributed by atoms with E-state index in [1.54, 1.807) is 12.3 Å². The maximum absolute atomic E-state index is 12.5. The van der Waals surface area contributed by atoms with Crippen molar-refractivity contribution in [1.82, 2.24) is 25.1 Å². The number of carbonyl (C=O) groups excluding carboxylic acids is 1. The molecule has 6 nitrogen and oxygen atoms in total. The van der Waals surface area contributed by atoms with Crippen molar-refractivity contribution in [1.29, 1.82) is 0 Å². The predicted octanol–water partition coefficient (Wildman–Crippen LogP) is 1.15. The molecule has 0 spiro atoms. The third kappa shape index (κ3) is 3.91. The van der Waals surface area contributed by atoms with E-state index in [1.165, 1.54) is 6.33 Å². The van der Waals surface area contributed by atoms with Gasteiger partial charge in [-0.1, -0.05) is 30.3 Å². The molecule has 23 heavy (non-hydrogen) atoms. The Hall–Kier alpha value is -2.31. The molecule has 6 heteroatoms. The molecule has 1 saturated heterocycles. The van der Waals surface area contributed by atoms with Crippen LogP contribution in [0.4, 0.5) is 0 Å². The van der Waals surface area contributed by atoms with Crippen molar-refractivity contribution in [2.75, 3.05) is 33.2 Å². The SMILES string of the molecule is CN1CCN(C(NC(=O)c2ccncn2)c2ccccc2)CC1. The second-order valence-corrected chi connectivity index (χ2v) is 5.72. The first kappa shape index (κ1) is 15.6. The maximum Gasteiger partial charge on any atom is 0.271 e. The van der Waals surface area contributed by atoms with Gasteiger partial charge in [-0.2, -0.15) is 0 Å². The number of aromatic nitrogens is 2. The first-order chi connectivity index (χ1) is 11.2. The van der Waals surface area contributed by atoms with Crippen LogP contribution in [0.1, 0.15) is 22.2 Å². The fraction of sp³-hybridized carbons (Fsp3) is 0.353. The number of piperazine rings is 1. The van der Waals surface area contributed by atoms with Gasteiger partial charge in [0.2, 0.25) is 0 Å². The van der Waals surface area contributed by atoms with Crippen molar-refractivity contribution in [3.8, 4) is 0 Å². The molecule has 2 aromatic rings. The Bertz CT molecular complexity index is 626. The molecule has 3 rings (SSSR count). The summed E-state index contributed by atoms with van der Waals surface area (Å²) in [5.41, 5.74) is 1.47. The highest BCUT2D eigenvalue weighted by Gasteiger charge is 2.25. The number of nitrogens with one attached hydrogen (secondary N) is 1. The van der Waals surface area contributed by atoms with Crippen LogP contribution in [0.5, 0.6) is 0 Å². The number of rotatable bonds is 4. The number of benzene rings is 1. The molecule has 1 atom stereocenters. The Morgan fingerprint density at radius 1 is 1.13 bits per heavy atom. The average molecular weight is 311 g/mol. The summed E-state index contributed by atoms with van der Waals surface area (Å²) in [5, 5.41) is 3.11. The van der Waals surface area contributed by atoms with E-state index < -0.39 is 0 Å². The Labute approximate surface area is 136 Å². The molecule has 1 fully saturated rings.